The predicted octanol–water partition coefficient (Wildman–Crippen LogP) is 4.22. The van der Waals surface area contributed by atoms with Crippen LogP contribution in [0.1, 0.15) is 16.7 Å². The predicted molar refractivity (Wildman–Crippen MR) is 81.2 cm³/mol. The minimum atomic E-state index is 0.834. The highest BCUT2D eigenvalue weighted by Gasteiger charge is 2.00. The molecule has 0 saturated heterocycles. The van der Waals surface area contributed by atoms with Gasteiger partial charge in [0.05, 0.1) is 0 Å². The van der Waals surface area contributed by atoms with Crippen LogP contribution in [0.4, 0.5) is 5.69 Å². The summed E-state index contributed by atoms with van der Waals surface area (Å²) in [6, 6.07) is 14.8. The van der Waals surface area contributed by atoms with Gasteiger partial charge < -0.3 is 5.73 Å². The Morgan fingerprint density at radius 3 is 2.44 bits per heavy atom. The molecule has 94 valence electrons. The van der Waals surface area contributed by atoms with Gasteiger partial charge in [-0.25, -0.2) is 0 Å². The quantitative estimate of drug-likeness (QED) is 0.655. The van der Waals surface area contributed by atoms with Crippen LogP contribution in [-0.4, -0.2) is 5.75 Å². The topological polar surface area (TPSA) is 26.0 Å². The lowest BCUT2D eigenvalue weighted by Crippen LogP contribution is -1.91. The van der Waals surface area contributed by atoms with Gasteiger partial charge in [0.25, 0.3) is 0 Å². The molecule has 0 saturated carbocycles. The van der Waals surface area contributed by atoms with Gasteiger partial charge in [-0.1, -0.05) is 29.8 Å². The molecular weight excluding hydrogens is 238 g/mol. The van der Waals surface area contributed by atoms with Crippen molar-refractivity contribution in [3.8, 4) is 0 Å². The summed E-state index contributed by atoms with van der Waals surface area (Å²) >= 11 is 1.93. The Morgan fingerprint density at radius 1 is 1.00 bits per heavy atom. The molecule has 0 atom stereocenters. The minimum absolute atomic E-state index is 0.834. The number of benzene rings is 2. The van der Waals surface area contributed by atoms with Crippen molar-refractivity contribution in [2.75, 3.05) is 11.5 Å². The summed E-state index contributed by atoms with van der Waals surface area (Å²) in [6.07, 6.45) is 1.08. The van der Waals surface area contributed by atoms with E-state index in [2.05, 4.69) is 44.2 Å². The third-order valence-corrected chi connectivity index (χ3v) is 4.13. The van der Waals surface area contributed by atoms with E-state index in [-0.39, 0.29) is 0 Å². The van der Waals surface area contributed by atoms with E-state index < -0.39 is 0 Å². The standard InChI is InChI=1S/C16H19NS/c1-12-3-4-13(2)16(11-12)18-10-9-14-5-7-15(17)8-6-14/h3-8,11H,9-10,17H2,1-2H3. The molecule has 2 rings (SSSR count). The molecule has 0 bridgehead atoms. The molecule has 18 heavy (non-hydrogen) atoms. The van der Waals surface area contributed by atoms with Gasteiger partial charge in [-0.3, -0.25) is 0 Å². The first-order valence-electron chi connectivity index (χ1n) is 6.19. The summed E-state index contributed by atoms with van der Waals surface area (Å²) in [5.74, 6) is 1.11. The van der Waals surface area contributed by atoms with Crippen LogP contribution in [0.25, 0.3) is 0 Å². The molecule has 0 aromatic heterocycles. The van der Waals surface area contributed by atoms with Crippen LogP contribution in [0.5, 0.6) is 0 Å². The molecule has 0 aliphatic heterocycles. The van der Waals surface area contributed by atoms with E-state index in [9.17, 15) is 0 Å². The van der Waals surface area contributed by atoms with E-state index in [1.807, 2.05) is 23.9 Å². The Morgan fingerprint density at radius 2 is 1.72 bits per heavy atom. The van der Waals surface area contributed by atoms with Gasteiger partial charge in [0.2, 0.25) is 0 Å². The Bertz CT molecular complexity index is 517. The lowest BCUT2D eigenvalue weighted by atomic mass is 10.1. The average molecular weight is 257 g/mol. The molecule has 2 N–H and O–H groups in total. The molecule has 0 unspecified atom stereocenters. The van der Waals surface area contributed by atoms with Crippen LogP contribution in [0.15, 0.2) is 47.4 Å². The van der Waals surface area contributed by atoms with Crippen molar-refractivity contribution < 1.29 is 0 Å². The van der Waals surface area contributed by atoms with Crippen LogP contribution in [0.2, 0.25) is 0 Å². The fraction of sp³-hybridized carbons (Fsp3) is 0.250. The number of nitrogens with two attached hydrogens (primary N) is 1. The Balaban J connectivity index is 1.92. The molecule has 0 amide bonds. The van der Waals surface area contributed by atoms with E-state index in [4.69, 9.17) is 5.73 Å². The molecule has 0 spiro atoms. The minimum Gasteiger partial charge on any atom is -0.399 e. The second-order valence-electron chi connectivity index (χ2n) is 4.61. The van der Waals surface area contributed by atoms with Gasteiger partial charge in [-0.2, -0.15) is 0 Å². The first kappa shape index (κ1) is 13.0. The van der Waals surface area contributed by atoms with E-state index in [0.717, 1.165) is 17.9 Å². The number of anilines is 1. The fourth-order valence-electron chi connectivity index (χ4n) is 1.83. The van der Waals surface area contributed by atoms with Crippen molar-refractivity contribution in [1.29, 1.82) is 0 Å². The van der Waals surface area contributed by atoms with Crippen LogP contribution in [-0.2, 0) is 6.42 Å². The Kier molecular flexibility index (Phi) is 4.32. The number of rotatable bonds is 4. The molecule has 1 nitrogen and oxygen atoms in total. The number of hydrogen-bond acceptors (Lipinski definition) is 2. The van der Waals surface area contributed by atoms with Gasteiger partial charge >= 0.3 is 0 Å². The summed E-state index contributed by atoms with van der Waals surface area (Å²) < 4.78 is 0. The number of hydrogen-bond donors (Lipinski definition) is 1. The van der Waals surface area contributed by atoms with Crippen LogP contribution >= 0.6 is 11.8 Å². The number of thioether (sulfide) groups is 1. The molecule has 0 heterocycles. The average Bonchev–Trinajstić information content (AvgIpc) is 2.36. The zero-order chi connectivity index (χ0) is 13.0. The second-order valence-corrected chi connectivity index (χ2v) is 5.75. The highest BCUT2D eigenvalue weighted by molar-refractivity contribution is 7.99. The summed E-state index contributed by atoms with van der Waals surface area (Å²) in [4.78, 5) is 1.39. The SMILES string of the molecule is Cc1ccc(C)c(SCCc2ccc(N)cc2)c1. The normalized spacial score (nSPS) is 10.6. The molecular formula is C16H19NS. The molecule has 0 fully saturated rings. The maximum atomic E-state index is 5.68. The molecule has 2 aromatic carbocycles. The van der Waals surface area contributed by atoms with Gasteiger partial charge in [0, 0.05) is 16.3 Å². The summed E-state index contributed by atoms with van der Waals surface area (Å²) in [5.41, 5.74) is 10.6. The summed E-state index contributed by atoms with van der Waals surface area (Å²) in [5, 5.41) is 0. The maximum Gasteiger partial charge on any atom is 0.0314 e. The molecule has 0 aliphatic rings. The smallest absolute Gasteiger partial charge is 0.0314 e. The summed E-state index contributed by atoms with van der Waals surface area (Å²) in [6.45, 7) is 4.31. The van der Waals surface area contributed by atoms with Crippen molar-refractivity contribution in [1.82, 2.24) is 0 Å². The fourth-order valence-corrected chi connectivity index (χ4v) is 2.95. The van der Waals surface area contributed by atoms with Crippen LogP contribution < -0.4 is 5.73 Å². The number of nitrogen functional groups attached to an aromatic ring is 1. The van der Waals surface area contributed by atoms with Crippen LogP contribution in [0.3, 0.4) is 0 Å². The molecule has 2 heteroatoms. The zero-order valence-corrected chi connectivity index (χ0v) is 11.8. The van der Waals surface area contributed by atoms with Crippen molar-refractivity contribution in [2.24, 2.45) is 0 Å². The monoisotopic (exact) mass is 257 g/mol. The summed E-state index contributed by atoms with van der Waals surface area (Å²) in [7, 11) is 0. The molecule has 0 aliphatic carbocycles. The van der Waals surface area contributed by atoms with E-state index in [1.165, 1.54) is 21.6 Å². The highest BCUT2D eigenvalue weighted by Crippen LogP contribution is 2.24. The Hall–Kier alpha value is -1.41. The van der Waals surface area contributed by atoms with Crippen molar-refractivity contribution in [2.45, 2.75) is 25.2 Å². The van der Waals surface area contributed by atoms with Gasteiger partial charge in [-0.05, 0) is 49.6 Å². The first-order chi connectivity index (χ1) is 8.65. The van der Waals surface area contributed by atoms with Crippen LogP contribution in [0, 0.1) is 13.8 Å². The highest BCUT2D eigenvalue weighted by atomic mass is 32.2. The second kappa shape index (κ2) is 5.96. The first-order valence-corrected chi connectivity index (χ1v) is 7.18. The zero-order valence-electron chi connectivity index (χ0n) is 10.9. The maximum absolute atomic E-state index is 5.68. The molecule has 2 aromatic rings. The lowest BCUT2D eigenvalue weighted by molar-refractivity contribution is 1.15. The van der Waals surface area contributed by atoms with E-state index in [0.29, 0.717) is 0 Å². The molecule has 0 radical (unpaired) electrons. The van der Waals surface area contributed by atoms with Gasteiger partial charge in [0.1, 0.15) is 0 Å². The van der Waals surface area contributed by atoms with E-state index >= 15 is 0 Å². The van der Waals surface area contributed by atoms with Crippen molar-refractivity contribution in [3.05, 3.63) is 59.2 Å². The third-order valence-electron chi connectivity index (χ3n) is 2.97. The third kappa shape index (κ3) is 3.54. The lowest BCUT2D eigenvalue weighted by Gasteiger charge is -2.07. The van der Waals surface area contributed by atoms with Gasteiger partial charge in [-0.15, -0.1) is 11.8 Å². The number of aryl methyl sites for hydroxylation is 3. The van der Waals surface area contributed by atoms with E-state index in [1.54, 1.807) is 0 Å². The largest absolute Gasteiger partial charge is 0.399 e. The van der Waals surface area contributed by atoms with Crippen molar-refractivity contribution >= 4 is 17.4 Å². The van der Waals surface area contributed by atoms with Gasteiger partial charge in [0.15, 0.2) is 0 Å². The van der Waals surface area contributed by atoms with Crippen molar-refractivity contribution in [3.63, 3.8) is 0 Å². The Labute approximate surface area is 113 Å².